The smallest absolute Gasteiger partial charge is 0.170 e. The molecule has 4 heteroatoms. The monoisotopic (exact) mass is 221 g/mol. The molecule has 1 aromatic carbocycles. The lowest BCUT2D eigenvalue weighted by Crippen LogP contribution is -2.48. The zero-order valence-electron chi connectivity index (χ0n) is 8.61. The van der Waals surface area contributed by atoms with Gasteiger partial charge in [-0.05, 0) is 25.0 Å². The van der Waals surface area contributed by atoms with Gasteiger partial charge in [0, 0.05) is 11.4 Å². The van der Waals surface area contributed by atoms with Crippen LogP contribution in [0.2, 0.25) is 0 Å². The van der Waals surface area contributed by atoms with Crippen molar-refractivity contribution in [3.05, 3.63) is 35.8 Å². The predicted molar refractivity (Wildman–Crippen MR) is 57.3 cm³/mol. The molecule has 16 heavy (non-hydrogen) atoms. The minimum Gasteiger partial charge on any atom is -0.455 e. The lowest BCUT2D eigenvalue weighted by Gasteiger charge is -2.39. The number of nitrogens with two attached hydrogens (primary N) is 1. The fourth-order valence-corrected chi connectivity index (χ4v) is 2.27. The molecule has 1 heterocycles. The van der Waals surface area contributed by atoms with E-state index in [1.165, 1.54) is 6.07 Å². The Morgan fingerprint density at radius 2 is 2.19 bits per heavy atom. The highest BCUT2D eigenvalue weighted by atomic mass is 19.1. The molecule has 1 aromatic heterocycles. The second kappa shape index (κ2) is 3.06. The molecule has 0 unspecified atom stereocenters. The average Bonchev–Trinajstić information content (AvgIpc) is 2.61. The topological polar surface area (TPSA) is 59.4 Å². The molecule has 3 rings (SSSR count). The standard InChI is InChI=1S/C12H12FNO2/c13-9-3-1-2-7-4-10(16-11(7)9)12(15)5-8(14)6-12/h1-4,8,15H,5-6,14H2. The van der Waals surface area contributed by atoms with Gasteiger partial charge in [-0.25, -0.2) is 4.39 Å². The van der Waals surface area contributed by atoms with Gasteiger partial charge in [-0.3, -0.25) is 0 Å². The van der Waals surface area contributed by atoms with Gasteiger partial charge < -0.3 is 15.3 Å². The highest BCUT2D eigenvalue weighted by molar-refractivity contribution is 5.78. The highest BCUT2D eigenvalue weighted by Gasteiger charge is 2.45. The molecule has 84 valence electrons. The van der Waals surface area contributed by atoms with Crippen LogP contribution in [0.1, 0.15) is 18.6 Å². The van der Waals surface area contributed by atoms with E-state index in [-0.39, 0.29) is 11.6 Å². The Kier molecular flexibility index (Phi) is 1.87. The molecule has 1 aliphatic carbocycles. The van der Waals surface area contributed by atoms with Crippen LogP contribution < -0.4 is 5.73 Å². The van der Waals surface area contributed by atoms with Crippen molar-refractivity contribution < 1.29 is 13.9 Å². The predicted octanol–water partition coefficient (Wildman–Crippen LogP) is 1.88. The molecular formula is C12H12FNO2. The van der Waals surface area contributed by atoms with E-state index in [1.54, 1.807) is 18.2 Å². The Labute approximate surface area is 91.7 Å². The number of aliphatic hydroxyl groups is 1. The number of hydrogen-bond donors (Lipinski definition) is 2. The third-order valence-electron chi connectivity index (χ3n) is 3.15. The number of rotatable bonds is 1. The SMILES string of the molecule is NC1CC(O)(c2cc3cccc(F)c3o2)C1. The average molecular weight is 221 g/mol. The molecule has 3 N–H and O–H groups in total. The maximum atomic E-state index is 13.4. The van der Waals surface area contributed by atoms with Crippen LogP contribution in [-0.4, -0.2) is 11.1 Å². The van der Waals surface area contributed by atoms with E-state index in [0.717, 1.165) is 0 Å². The van der Waals surface area contributed by atoms with Crippen LogP contribution in [0.15, 0.2) is 28.7 Å². The van der Waals surface area contributed by atoms with Crippen molar-refractivity contribution in [1.29, 1.82) is 0 Å². The summed E-state index contributed by atoms with van der Waals surface area (Å²) in [5.74, 6) is 0.00488. The number of hydrogen-bond acceptors (Lipinski definition) is 3. The minimum atomic E-state index is -1.01. The van der Waals surface area contributed by atoms with Crippen molar-refractivity contribution in [2.24, 2.45) is 5.73 Å². The third kappa shape index (κ3) is 1.27. The van der Waals surface area contributed by atoms with E-state index in [4.69, 9.17) is 10.2 Å². The summed E-state index contributed by atoms with van der Waals surface area (Å²) in [5.41, 5.74) is 4.83. The highest BCUT2D eigenvalue weighted by Crippen LogP contribution is 2.42. The largest absolute Gasteiger partial charge is 0.455 e. The molecule has 0 amide bonds. The molecule has 3 nitrogen and oxygen atoms in total. The summed E-state index contributed by atoms with van der Waals surface area (Å²) in [7, 11) is 0. The van der Waals surface area contributed by atoms with E-state index in [9.17, 15) is 9.50 Å². The molecule has 1 aliphatic rings. The first kappa shape index (κ1) is 9.81. The molecule has 1 fully saturated rings. The van der Waals surface area contributed by atoms with Crippen LogP contribution in [0.25, 0.3) is 11.0 Å². The summed E-state index contributed by atoms with van der Waals surface area (Å²) in [5, 5.41) is 10.8. The number of benzene rings is 1. The van der Waals surface area contributed by atoms with Crippen molar-refractivity contribution in [2.45, 2.75) is 24.5 Å². The summed E-state index contributed by atoms with van der Waals surface area (Å²) < 4.78 is 18.8. The van der Waals surface area contributed by atoms with E-state index >= 15 is 0 Å². The van der Waals surface area contributed by atoms with E-state index in [2.05, 4.69) is 0 Å². The number of fused-ring (bicyclic) bond motifs is 1. The van der Waals surface area contributed by atoms with E-state index in [0.29, 0.717) is 24.0 Å². The van der Waals surface area contributed by atoms with Crippen molar-refractivity contribution in [3.63, 3.8) is 0 Å². The maximum Gasteiger partial charge on any atom is 0.170 e. The molecule has 0 radical (unpaired) electrons. The van der Waals surface area contributed by atoms with Gasteiger partial charge >= 0.3 is 0 Å². The van der Waals surface area contributed by atoms with Crippen LogP contribution in [0.4, 0.5) is 4.39 Å². The van der Waals surface area contributed by atoms with Crippen LogP contribution in [0, 0.1) is 5.82 Å². The van der Waals surface area contributed by atoms with Crippen LogP contribution in [0.3, 0.4) is 0 Å². The Balaban J connectivity index is 2.09. The van der Waals surface area contributed by atoms with Crippen LogP contribution >= 0.6 is 0 Å². The molecule has 0 spiro atoms. The van der Waals surface area contributed by atoms with Gasteiger partial charge in [-0.15, -0.1) is 0 Å². The summed E-state index contributed by atoms with van der Waals surface area (Å²) in [6, 6.07) is 6.40. The molecule has 0 saturated heterocycles. The second-order valence-electron chi connectivity index (χ2n) is 4.47. The fraction of sp³-hybridized carbons (Fsp3) is 0.333. The Bertz CT molecular complexity index is 543. The molecular weight excluding hydrogens is 209 g/mol. The van der Waals surface area contributed by atoms with Gasteiger partial charge in [0.25, 0.3) is 0 Å². The van der Waals surface area contributed by atoms with Gasteiger partial charge in [0.2, 0.25) is 0 Å². The Hall–Kier alpha value is -1.39. The second-order valence-corrected chi connectivity index (χ2v) is 4.47. The Morgan fingerprint density at radius 3 is 2.81 bits per heavy atom. The maximum absolute atomic E-state index is 13.4. The third-order valence-corrected chi connectivity index (χ3v) is 3.15. The summed E-state index contributed by atoms with van der Waals surface area (Å²) in [6.07, 6.45) is 0.933. The minimum absolute atomic E-state index is 0.00283. The first-order chi connectivity index (χ1) is 7.58. The van der Waals surface area contributed by atoms with E-state index in [1.807, 2.05) is 0 Å². The normalized spacial score (nSPS) is 29.3. The summed E-state index contributed by atoms with van der Waals surface area (Å²) >= 11 is 0. The summed E-state index contributed by atoms with van der Waals surface area (Å²) in [4.78, 5) is 0. The quantitative estimate of drug-likeness (QED) is 0.773. The zero-order valence-corrected chi connectivity index (χ0v) is 8.61. The molecule has 1 saturated carbocycles. The van der Waals surface area contributed by atoms with Crippen molar-refractivity contribution in [1.82, 2.24) is 0 Å². The lowest BCUT2D eigenvalue weighted by molar-refractivity contribution is -0.0681. The van der Waals surface area contributed by atoms with Crippen molar-refractivity contribution in [2.75, 3.05) is 0 Å². The van der Waals surface area contributed by atoms with Gasteiger partial charge in [0.15, 0.2) is 11.4 Å². The first-order valence-electron chi connectivity index (χ1n) is 5.25. The molecule has 2 aromatic rings. The number of furan rings is 1. The van der Waals surface area contributed by atoms with E-state index < -0.39 is 11.4 Å². The van der Waals surface area contributed by atoms with Crippen LogP contribution in [0.5, 0.6) is 0 Å². The van der Waals surface area contributed by atoms with Gasteiger partial charge in [0.1, 0.15) is 11.4 Å². The zero-order chi connectivity index (χ0) is 11.3. The van der Waals surface area contributed by atoms with Crippen molar-refractivity contribution >= 4 is 11.0 Å². The number of halogens is 1. The number of para-hydroxylation sites is 1. The lowest BCUT2D eigenvalue weighted by atomic mass is 9.74. The fourth-order valence-electron chi connectivity index (χ4n) is 2.27. The van der Waals surface area contributed by atoms with Gasteiger partial charge in [-0.2, -0.15) is 0 Å². The Morgan fingerprint density at radius 1 is 1.44 bits per heavy atom. The molecule has 0 atom stereocenters. The van der Waals surface area contributed by atoms with Gasteiger partial charge in [0.05, 0.1) is 0 Å². The van der Waals surface area contributed by atoms with Crippen LogP contribution in [-0.2, 0) is 5.60 Å². The molecule has 0 bridgehead atoms. The van der Waals surface area contributed by atoms with Gasteiger partial charge in [-0.1, -0.05) is 12.1 Å². The summed E-state index contributed by atoms with van der Waals surface area (Å²) in [6.45, 7) is 0. The van der Waals surface area contributed by atoms with Crippen molar-refractivity contribution in [3.8, 4) is 0 Å². The molecule has 0 aliphatic heterocycles. The first-order valence-corrected chi connectivity index (χ1v) is 5.25.